The van der Waals surface area contributed by atoms with E-state index in [0.717, 1.165) is 26.8 Å². The average molecular weight is 306 g/mol. The minimum Gasteiger partial charge on any atom is -0.394 e. The predicted octanol–water partition coefficient (Wildman–Crippen LogP) is 1.03. The van der Waals surface area contributed by atoms with Crippen molar-refractivity contribution in [3.8, 4) is 0 Å². The van der Waals surface area contributed by atoms with Gasteiger partial charge in [-0.25, -0.2) is 4.98 Å². The summed E-state index contributed by atoms with van der Waals surface area (Å²) in [5, 5.41) is 14.3. The third-order valence-corrected chi connectivity index (χ3v) is 4.79. The second-order valence-electron chi connectivity index (χ2n) is 5.23. The van der Waals surface area contributed by atoms with Gasteiger partial charge in [0.05, 0.1) is 48.7 Å². The standard InChI is InChI=1S/C14H18N4O2S/c1-9-13(21-10(2)16-9)5-14(20)17-7-11-6-15-18(3-4-19)12(11)8-17/h6,19H,3-5,7-8H2,1-2H3. The van der Waals surface area contributed by atoms with Crippen LogP contribution >= 0.6 is 11.3 Å². The maximum absolute atomic E-state index is 12.4. The number of aryl methyl sites for hydroxylation is 2. The summed E-state index contributed by atoms with van der Waals surface area (Å²) in [7, 11) is 0. The molecule has 0 bridgehead atoms. The van der Waals surface area contributed by atoms with Crippen LogP contribution in [0.1, 0.15) is 26.8 Å². The quantitative estimate of drug-likeness (QED) is 0.916. The summed E-state index contributed by atoms with van der Waals surface area (Å²) in [5.41, 5.74) is 3.07. The van der Waals surface area contributed by atoms with Crippen molar-refractivity contribution in [3.63, 3.8) is 0 Å². The summed E-state index contributed by atoms with van der Waals surface area (Å²) >= 11 is 1.59. The Morgan fingerprint density at radius 1 is 1.43 bits per heavy atom. The highest BCUT2D eigenvalue weighted by molar-refractivity contribution is 7.11. The van der Waals surface area contributed by atoms with Crippen LogP contribution in [0.5, 0.6) is 0 Å². The van der Waals surface area contributed by atoms with Crippen molar-refractivity contribution in [2.45, 2.75) is 39.9 Å². The van der Waals surface area contributed by atoms with E-state index in [4.69, 9.17) is 5.11 Å². The van der Waals surface area contributed by atoms with Crippen molar-refractivity contribution in [1.29, 1.82) is 0 Å². The van der Waals surface area contributed by atoms with Crippen LogP contribution in [0.3, 0.4) is 0 Å². The van der Waals surface area contributed by atoms with Gasteiger partial charge in [-0.3, -0.25) is 9.48 Å². The molecule has 0 radical (unpaired) electrons. The lowest BCUT2D eigenvalue weighted by Gasteiger charge is -2.15. The molecular weight excluding hydrogens is 288 g/mol. The molecule has 0 atom stereocenters. The Hall–Kier alpha value is -1.73. The number of hydrogen-bond donors (Lipinski definition) is 1. The third kappa shape index (κ3) is 2.71. The third-order valence-electron chi connectivity index (χ3n) is 3.71. The van der Waals surface area contributed by atoms with Crippen molar-refractivity contribution >= 4 is 17.2 Å². The van der Waals surface area contributed by atoms with Gasteiger partial charge in [0, 0.05) is 17.0 Å². The van der Waals surface area contributed by atoms with Crippen molar-refractivity contribution in [1.82, 2.24) is 19.7 Å². The first-order chi connectivity index (χ1) is 10.1. The summed E-state index contributed by atoms with van der Waals surface area (Å²) in [5.74, 6) is 0.119. The molecule has 112 valence electrons. The van der Waals surface area contributed by atoms with Crippen molar-refractivity contribution < 1.29 is 9.90 Å². The molecule has 1 aliphatic heterocycles. The molecule has 0 fully saturated rings. The topological polar surface area (TPSA) is 71.2 Å². The molecule has 0 aromatic carbocycles. The molecule has 0 saturated heterocycles. The number of fused-ring (bicyclic) bond motifs is 1. The van der Waals surface area contributed by atoms with Crippen LogP contribution in [-0.2, 0) is 30.8 Å². The minimum absolute atomic E-state index is 0.0569. The molecule has 1 N–H and O–H groups in total. The van der Waals surface area contributed by atoms with E-state index >= 15 is 0 Å². The first-order valence-corrected chi connectivity index (χ1v) is 7.75. The molecule has 0 saturated carbocycles. The van der Waals surface area contributed by atoms with E-state index in [9.17, 15) is 4.79 Å². The molecule has 7 heteroatoms. The Labute approximate surface area is 127 Å². The average Bonchev–Trinajstić information content (AvgIpc) is 3.07. The lowest BCUT2D eigenvalue weighted by Crippen LogP contribution is -2.27. The van der Waals surface area contributed by atoms with Crippen molar-refractivity contribution in [2.75, 3.05) is 6.61 Å². The Morgan fingerprint density at radius 2 is 2.24 bits per heavy atom. The van der Waals surface area contributed by atoms with Gasteiger partial charge < -0.3 is 10.0 Å². The number of hydrogen-bond acceptors (Lipinski definition) is 5. The van der Waals surface area contributed by atoms with Gasteiger partial charge in [0.15, 0.2) is 0 Å². The molecule has 0 aliphatic carbocycles. The Bertz CT molecular complexity index is 677. The second-order valence-corrected chi connectivity index (χ2v) is 6.52. The second kappa shape index (κ2) is 5.57. The molecule has 6 nitrogen and oxygen atoms in total. The normalized spacial score (nSPS) is 13.8. The van der Waals surface area contributed by atoms with E-state index in [1.54, 1.807) is 22.2 Å². The van der Waals surface area contributed by atoms with E-state index in [0.29, 0.717) is 26.1 Å². The van der Waals surface area contributed by atoms with E-state index in [-0.39, 0.29) is 12.5 Å². The summed E-state index contributed by atoms with van der Waals surface area (Å²) in [6.07, 6.45) is 2.20. The van der Waals surface area contributed by atoms with Crippen LogP contribution in [0.25, 0.3) is 0 Å². The number of carbonyl (C=O) groups excluding carboxylic acids is 1. The molecular formula is C14H18N4O2S. The van der Waals surface area contributed by atoms with E-state index in [2.05, 4.69) is 10.1 Å². The maximum atomic E-state index is 12.4. The molecule has 0 unspecified atom stereocenters. The fourth-order valence-corrected chi connectivity index (χ4v) is 3.59. The number of aliphatic hydroxyl groups is 1. The monoisotopic (exact) mass is 306 g/mol. The van der Waals surface area contributed by atoms with Gasteiger partial charge >= 0.3 is 0 Å². The highest BCUT2D eigenvalue weighted by Crippen LogP contribution is 2.25. The molecule has 1 aliphatic rings. The van der Waals surface area contributed by atoms with Gasteiger partial charge in [0.25, 0.3) is 0 Å². The molecule has 3 heterocycles. The smallest absolute Gasteiger partial charge is 0.228 e. The van der Waals surface area contributed by atoms with Crippen LogP contribution in [0, 0.1) is 13.8 Å². The lowest BCUT2D eigenvalue weighted by molar-refractivity contribution is -0.131. The van der Waals surface area contributed by atoms with Gasteiger partial charge in [0.2, 0.25) is 5.91 Å². The number of aromatic nitrogens is 3. The highest BCUT2D eigenvalue weighted by atomic mass is 32.1. The van der Waals surface area contributed by atoms with Gasteiger partial charge in [-0.05, 0) is 13.8 Å². The number of nitrogens with zero attached hydrogens (tertiary/aromatic N) is 4. The van der Waals surface area contributed by atoms with E-state index in [1.165, 1.54) is 0 Å². The summed E-state index contributed by atoms with van der Waals surface area (Å²) in [6.45, 7) is 5.62. The minimum atomic E-state index is 0.0569. The van der Waals surface area contributed by atoms with Crippen LogP contribution in [0.15, 0.2) is 6.20 Å². The first kappa shape index (κ1) is 14.2. The van der Waals surface area contributed by atoms with Crippen molar-refractivity contribution in [3.05, 3.63) is 33.0 Å². The maximum Gasteiger partial charge on any atom is 0.228 e. The fraction of sp³-hybridized carbons (Fsp3) is 0.500. The number of carbonyl (C=O) groups is 1. The van der Waals surface area contributed by atoms with E-state index < -0.39 is 0 Å². The van der Waals surface area contributed by atoms with Crippen LogP contribution < -0.4 is 0 Å². The summed E-state index contributed by atoms with van der Waals surface area (Å²) in [4.78, 5) is 19.7. The molecule has 0 spiro atoms. The molecule has 2 aromatic rings. The van der Waals surface area contributed by atoms with Gasteiger partial charge in [-0.15, -0.1) is 11.3 Å². The molecule has 1 amide bonds. The van der Waals surface area contributed by atoms with Gasteiger partial charge in [0.1, 0.15) is 0 Å². The Kier molecular flexibility index (Phi) is 3.77. The molecule has 21 heavy (non-hydrogen) atoms. The molecule has 2 aromatic heterocycles. The zero-order valence-electron chi connectivity index (χ0n) is 12.2. The van der Waals surface area contributed by atoms with Crippen LogP contribution in [-0.4, -0.2) is 37.3 Å². The number of aliphatic hydroxyl groups excluding tert-OH is 1. The predicted molar refractivity (Wildman–Crippen MR) is 78.9 cm³/mol. The first-order valence-electron chi connectivity index (χ1n) is 6.93. The zero-order valence-corrected chi connectivity index (χ0v) is 13.0. The summed E-state index contributed by atoms with van der Waals surface area (Å²) < 4.78 is 1.78. The van der Waals surface area contributed by atoms with Crippen molar-refractivity contribution in [2.24, 2.45) is 0 Å². The highest BCUT2D eigenvalue weighted by Gasteiger charge is 2.27. The number of rotatable bonds is 4. The molecule has 3 rings (SSSR count). The van der Waals surface area contributed by atoms with Crippen LogP contribution in [0.4, 0.5) is 0 Å². The Balaban J connectivity index is 1.69. The van der Waals surface area contributed by atoms with E-state index in [1.807, 2.05) is 18.7 Å². The fourth-order valence-electron chi connectivity index (χ4n) is 2.66. The van der Waals surface area contributed by atoms with Gasteiger partial charge in [-0.1, -0.05) is 0 Å². The van der Waals surface area contributed by atoms with Crippen LogP contribution in [0.2, 0.25) is 0 Å². The Morgan fingerprint density at radius 3 is 2.90 bits per heavy atom. The zero-order chi connectivity index (χ0) is 15.0. The largest absolute Gasteiger partial charge is 0.394 e. The summed E-state index contributed by atoms with van der Waals surface area (Å²) in [6, 6.07) is 0. The SMILES string of the molecule is Cc1nc(C)c(CC(=O)N2Cc3cnn(CCO)c3C2)s1. The number of thiazole rings is 1. The lowest BCUT2D eigenvalue weighted by atomic mass is 10.3. The van der Waals surface area contributed by atoms with Gasteiger partial charge in [-0.2, -0.15) is 5.10 Å². The number of amides is 1.